The molecule has 0 amide bonds. The van der Waals surface area contributed by atoms with Crippen LogP contribution in [0.5, 0.6) is 0 Å². The van der Waals surface area contributed by atoms with Gasteiger partial charge in [0.2, 0.25) is 0 Å². The number of hydrogen-bond donors (Lipinski definition) is 0. The Morgan fingerprint density at radius 1 is 0.821 bits per heavy atom. The minimum Gasteiger partial charge on any atom is -0.288 e. The van der Waals surface area contributed by atoms with Crippen molar-refractivity contribution in [2.45, 2.75) is 6.54 Å². The molecule has 4 rings (SSSR count). The highest BCUT2D eigenvalue weighted by molar-refractivity contribution is 9.10. The normalized spacial score (nSPS) is 10.8. The third-order valence-corrected chi connectivity index (χ3v) is 5.54. The third-order valence-electron chi connectivity index (χ3n) is 4.48. The first kappa shape index (κ1) is 18.8. The first-order chi connectivity index (χ1) is 13.6. The van der Waals surface area contributed by atoms with E-state index in [1.165, 1.54) is 0 Å². The molecule has 1 heterocycles. The van der Waals surface area contributed by atoms with Crippen molar-refractivity contribution in [2.75, 3.05) is 0 Å². The molecule has 0 saturated carbocycles. The highest BCUT2D eigenvalue weighted by Gasteiger charge is 2.20. The van der Waals surface area contributed by atoms with E-state index in [4.69, 9.17) is 0 Å². The Kier molecular flexibility index (Phi) is 5.55. The van der Waals surface area contributed by atoms with Crippen LogP contribution in [0.25, 0.3) is 11.3 Å². The maximum absolute atomic E-state index is 13.2. The van der Waals surface area contributed by atoms with Gasteiger partial charge in [0.1, 0.15) is 0 Å². The molecule has 0 radical (unpaired) electrons. The van der Waals surface area contributed by atoms with Crippen molar-refractivity contribution in [3.8, 4) is 11.3 Å². The van der Waals surface area contributed by atoms with Crippen LogP contribution in [0.2, 0.25) is 0 Å². The molecule has 28 heavy (non-hydrogen) atoms. The smallest absolute Gasteiger partial charge is 0.196 e. The zero-order valence-corrected chi connectivity index (χ0v) is 18.0. The fraction of sp³-hybridized carbons (Fsp3) is 0.0435. The van der Waals surface area contributed by atoms with Gasteiger partial charge in [0, 0.05) is 20.1 Å². The molecule has 0 bridgehead atoms. The standard InChI is InChI=1S/C23H16Br2N2O/c24-19-10-6-17(7-11-19)22-21(23(28)18-8-12-20(25)13-9-18)14-26-27(22)15-16-4-2-1-3-5-16/h1-14H,15H2. The number of aromatic nitrogens is 2. The predicted molar refractivity (Wildman–Crippen MR) is 118 cm³/mol. The summed E-state index contributed by atoms with van der Waals surface area (Å²) in [5.74, 6) is -0.0373. The number of benzene rings is 3. The average Bonchev–Trinajstić information content (AvgIpc) is 3.13. The van der Waals surface area contributed by atoms with Gasteiger partial charge in [-0.05, 0) is 42.0 Å². The Labute approximate surface area is 180 Å². The van der Waals surface area contributed by atoms with E-state index in [0.717, 1.165) is 25.8 Å². The SMILES string of the molecule is O=C(c1ccc(Br)cc1)c1cnn(Cc2ccccc2)c1-c1ccc(Br)cc1. The third kappa shape index (κ3) is 4.01. The van der Waals surface area contributed by atoms with Crippen molar-refractivity contribution >= 4 is 37.6 Å². The molecule has 0 aliphatic carbocycles. The molecule has 138 valence electrons. The largest absolute Gasteiger partial charge is 0.288 e. The predicted octanol–water partition coefficient (Wildman–Crippen LogP) is 6.35. The minimum absolute atomic E-state index is 0.0373. The first-order valence-corrected chi connectivity index (χ1v) is 10.4. The van der Waals surface area contributed by atoms with E-state index in [2.05, 4.69) is 49.1 Å². The Bertz CT molecular complexity index is 1100. The number of nitrogens with zero attached hydrogens (tertiary/aromatic N) is 2. The summed E-state index contributed by atoms with van der Waals surface area (Å²) in [5, 5.41) is 4.55. The lowest BCUT2D eigenvalue weighted by Crippen LogP contribution is -2.07. The Morgan fingerprint density at radius 2 is 1.43 bits per heavy atom. The van der Waals surface area contributed by atoms with E-state index in [1.54, 1.807) is 6.20 Å². The van der Waals surface area contributed by atoms with Gasteiger partial charge < -0.3 is 0 Å². The van der Waals surface area contributed by atoms with Crippen molar-refractivity contribution in [3.63, 3.8) is 0 Å². The molecule has 0 N–H and O–H groups in total. The van der Waals surface area contributed by atoms with Gasteiger partial charge in [0.05, 0.1) is 24.0 Å². The number of ketones is 1. The highest BCUT2D eigenvalue weighted by Crippen LogP contribution is 2.28. The fourth-order valence-electron chi connectivity index (χ4n) is 3.10. The maximum atomic E-state index is 13.2. The van der Waals surface area contributed by atoms with E-state index in [1.807, 2.05) is 71.4 Å². The summed E-state index contributed by atoms with van der Waals surface area (Å²) >= 11 is 6.90. The molecular formula is C23H16Br2N2O. The fourth-order valence-corrected chi connectivity index (χ4v) is 3.63. The van der Waals surface area contributed by atoms with Crippen molar-refractivity contribution in [3.05, 3.63) is 111 Å². The molecule has 3 nitrogen and oxygen atoms in total. The van der Waals surface area contributed by atoms with Crippen LogP contribution >= 0.6 is 31.9 Å². The molecule has 5 heteroatoms. The van der Waals surface area contributed by atoms with Gasteiger partial charge in [-0.25, -0.2) is 0 Å². The summed E-state index contributed by atoms with van der Waals surface area (Å²) in [7, 11) is 0. The molecule has 0 aliphatic rings. The zero-order valence-electron chi connectivity index (χ0n) is 14.8. The van der Waals surface area contributed by atoms with E-state index >= 15 is 0 Å². The second-order valence-corrected chi connectivity index (χ2v) is 8.22. The van der Waals surface area contributed by atoms with Crippen LogP contribution in [0.3, 0.4) is 0 Å². The Balaban J connectivity index is 1.80. The van der Waals surface area contributed by atoms with Crippen LogP contribution in [-0.4, -0.2) is 15.6 Å². The van der Waals surface area contributed by atoms with Crippen molar-refractivity contribution < 1.29 is 4.79 Å². The second kappa shape index (κ2) is 8.25. The van der Waals surface area contributed by atoms with Crippen LogP contribution in [0.4, 0.5) is 0 Å². The van der Waals surface area contributed by atoms with Crippen LogP contribution in [0.15, 0.2) is 94.0 Å². The monoisotopic (exact) mass is 494 g/mol. The highest BCUT2D eigenvalue weighted by atomic mass is 79.9. The lowest BCUT2D eigenvalue weighted by Gasteiger charge is -2.11. The van der Waals surface area contributed by atoms with Gasteiger partial charge in [-0.3, -0.25) is 9.48 Å². The molecule has 0 saturated heterocycles. The molecule has 0 aliphatic heterocycles. The zero-order chi connectivity index (χ0) is 19.5. The van der Waals surface area contributed by atoms with Gasteiger partial charge >= 0.3 is 0 Å². The van der Waals surface area contributed by atoms with Crippen LogP contribution in [-0.2, 0) is 6.54 Å². The number of carbonyl (C=O) groups is 1. The van der Waals surface area contributed by atoms with E-state index in [-0.39, 0.29) is 5.78 Å². The lowest BCUT2D eigenvalue weighted by atomic mass is 10.00. The minimum atomic E-state index is -0.0373. The molecule has 0 spiro atoms. The summed E-state index contributed by atoms with van der Waals surface area (Å²) in [4.78, 5) is 13.2. The molecule has 3 aromatic carbocycles. The van der Waals surface area contributed by atoms with Gasteiger partial charge in [-0.1, -0.05) is 74.3 Å². The van der Waals surface area contributed by atoms with E-state index < -0.39 is 0 Å². The van der Waals surface area contributed by atoms with Gasteiger partial charge in [0.15, 0.2) is 5.78 Å². The molecule has 1 aromatic heterocycles. The molecule has 4 aromatic rings. The van der Waals surface area contributed by atoms with E-state index in [0.29, 0.717) is 17.7 Å². The van der Waals surface area contributed by atoms with Gasteiger partial charge in [0.25, 0.3) is 0 Å². The van der Waals surface area contributed by atoms with Crippen molar-refractivity contribution in [2.24, 2.45) is 0 Å². The van der Waals surface area contributed by atoms with E-state index in [9.17, 15) is 4.79 Å². The summed E-state index contributed by atoms with van der Waals surface area (Å²) in [6.07, 6.45) is 1.67. The number of hydrogen-bond acceptors (Lipinski definition) is 2. The molecular weight excluding hydrogens is 480 g/mol. The summed E-state index contributed by atoms with van der Waals surface area (Å²) in [5.41, 5.74) is 4.15. The molecule has 0 unspecified atom stereocenters. The second-order valence-electron chi connectivity index (χ2n) is 6.39. The molecule has 0 fully saturated rings. The Morgan fingerprint density at radius 3 is 2.07 bits per heavy atom. The number of rotatable bonds is 5. The summed E-state index contributed by atoms with van der Waals surface area (Å²) in [6.45, 7) is 0.597. The summed E-state index contributed by atoms with van der Waals surface area (Å²) in [6, 6.07) is 25.5. The topological polar surface area (TPSA) is 34.9 Å². The number of carbonyl (C=O) groups excluding carboxylic acids is 1. The van der Waals surface area contributed by atoms with Crippen LogP contribution in [0, 0.1) is 0 Å². The average molecular weight is 496 g/mol. The van der Waals surface area contributed by atoms with Crippen LogP contribution < -0.4 is 0 Å². The van der Waals surface area contributed by atoms with Crippen molar-refractivity contribution in [1.29, 1.82) is 0 Å². The Hall–Kier alpha value is -2.50. The van der Waals surface area contributed by atoms with Gasteiger partial charge in [-0.15, -0.1) is 0 Å². The first-order valence-electron chi connectivity index (χ1n) is 8.78. The van der Waals surface area contributed by atoms with Crippen molar-refractivity contribution in [1.82, 2.24) is 9.78 Å². The molecule has 0 atom stereocenters. The lowest BCUT2D eigenvalue weighted by molar-refractivity contribution is 0.103. The summed E-state index contributed by atoms with van der Waals surface area (Å²) < 4.78 is 3.83. The van der Waals surface area contributed by atoms with Crippen LogP contribution in [0.1, 0.15) is 21.5 Å². The maximum Gasteiger partial charge on any atom is 0.196 e. The van der Waals surface area contributed by atoms with Gasteiger partial charge in [-0.2, -0.15) is 5.10 Å². The quantitative estimate of drug-likeness (QED) is 0.302. The number of halogens is 2.